The maximum absolute atomic E-state index is 10.3. The molecule has 0 aliphatic heterocycles. The highest BCUT2D eigenvalue weighted by Crippen LogP contribution is 2.24. The summed E-state index contributed by atoms with van der Waals surface area (Å²) in [5, 5.41) is -0.276. The molecular weight excluding hydrogens is 146 g/mol. The van der Waals surface area contributed by atoms with Crippen molar-refractivity contribution in [2.45, 2.75) is 27.2 Å². The van der Waals surface area contributed by atoms with Crippen LogP contribution >= 0.6 is 11.8 Å². The van der Waals surface area contributed by atoms with E-state index in [1.165, 1.54) is 11.8 Å². The molecule has 0 fully saturated rings. The van der Waals surface area contributed by atoms with Crippen molar-refractivity contribution in [3.63, 3.8) is 0 Å². The van der Waals surface area contributed by atoms with E-state index in [4.69, 9.17) is 5.73 Å². The Labute approximate surface area is 66.6 Å². The predicted molar refractivity (Wildman–Crippen MR) is 46.1 cm³/mol. The first kappa shape index (κ1) is 9.82. The Bertz CT molecular complexity index is 123. The van der Waals surface area contributed by atoms with Crippen LogP contribution in [0.2, 0.25) is 0 Å². The zero-order valence-corrected chi connectivity index (χ0v) is 7.62. The van der Waals surface area contributed by atoms with Crippen LogP contribution in [0.4, 0.5) is 4.79 Å². The Hall–Kier alpha value is -0.180. The molecule has 2 nitrogen and oxygen atoms in total. The molecule has 0 spiro atoms. The second-order valence-electron chi connectivity index (χ2n) is 3.13. The largest absolute Gasteiger partial charge is 0.361 e. The average molecular weight is 161 g/mol. The fraction of sp³-hybridized carbons (Fsp3) is 0.857. The summed E-state index contributed by atoms with van der Waals surface area (Å²) in [6.07, 6.45) is 1.08. The molecule has 0 saturated heterocycles. The molecule has 3 heteroatoms. The number of thioether (sulfide) groups is 1. The molecule has 0 saturated carbocycles. The Morgan fingerprint density at radius 2 is 2.10 bits per heavy atom. The first-order valence-corrected chi connectivity index (χ1v) is 4.39. The van der Waals surface area contributed by atoms with Gasteiger partial charge in [0.25, 0.3) is 5.24 Å². The molecule has 0 unspecified atom stereocenters. The smallest absolute Gasteiger partial charge is 0.276 e. The van der Waals surface area contributed by atoms with E-state index in [2.05, 4.69) is 20.8 Å². The number of carbonyl (C=O) groups is 1. The highest BCUT2D eigenvalue weighted by atomic mass is 32.2. The summed E-state index contributed by atoms with van der Waals surface area (Å²) < 4.78 is 0. The van der Waals surface area contributed by atoms with E-state index < -0.39 is 0 Å². The van der Waals surface area contributed by atoms with Gasteiger partial charge in [-0.15, -0.1) is 0 Å². The highest BCUT2D eigenvalue weighted by molar-refractivity contribution is 8.13. The van der Waals surface area contributed by atoms with Gasteiger partial charge in [-0.3, -0.25) is 4.79 Å². The molecule has 0 radical (unpaired) electrons. The third kappa shape index (κ3) is 4.68. The van der Waals surface area contributed by atoms with Crippen LogP contribution in [-0.2, 0) is 0 Å². The fourth-order valence-corrected chi connectivity index (χ4v) is 1.11. The molecule has 0 aromatic rings. The van der Waals surface area contributed by atoms with Crippen LogP contribution in [0.5, 0.6) is 0 Å². The van der Waals surface area contributed by atoms with Crippen LogP contribution < -0.4 is 5.73 Å². The van der Waals surface area contributed by atoms with Crippen molar-refractivity contribution in [1.82, 2.24) is 0 Å². The van der Waals surface area contributed by atoms with E-state index in [0.29, 0.717) is 0 Å². The number of nitrogens with two attached hydrogens (primary N) is 1. The van der Waals surface area contributed by atoms with Crippen LogP contribution in [0, 0.1) is 5.41 Å². The van der Waals surface area contributed by atoms with E-state index in [1.807, 2.05) is 0 Å². The van der Waals surface area contributed by atoms with Crippen molar-refractivity contribution >= 4 is 17.0 Å². The third-order valence-electron chi connectivity index (χ3n) is 1.56. The minimum absolute atomic E-state index is 0.236. The number of carbonyl (C=O) groups excluding carboxylic acids is 1. The lowest BCUT2D eigenvalue weighted by Gasteiger charge is -2.20. The van der Waals surface area contributed by atoms with Crippen molar-refractivity contribution in [3.8, 4) is 0 Å². The Kier molecular flexibility index (Phi) is 3.79. The predicted octanol–water partition coefficient (Wildman–Crippen LogP) is 2.23. The van der Waals surface area contributed by atoms with Crippen LogP contribution in [-0.4, -0.2) is 11.0 Å². The number of hydrogen-bond acceptors (Lipinski definition) is 2. The van der Waals surface area contributed by atoms with E-state index in [9.17, 15) is 4.79 Å². The number of hydrogen-bond donors (Lipinski definition) is 1. The fourth-order valence-electron chi connectivity index (χ4n) is 0.369. The van der Waals surface area contributed by atoms with Gasteiger partial charge < -0.3 is 5.73 Å². The summed E-state index contributed by atoms with van der Waals surface area (Å²) in [6, 6.07) is 0. The van der Waals surface area contributed by atoms with Gasteiger partial charge in [0.1, 0.15) is 0 Å². The van der Waals surface area contributed by atoms with Gasteiger partial charge in [0, 0.05) is 5.75 Å². The summed E-state index contributed by atoms with van der Waals surface area (Å²) in [5.74, 6) is 0.818. The summed E-state index contributed by atoms with van der Waals surface area (Å²) in [6.45, 7) is 6.37. The van der Waals surface area contributed by atoms with Crippen LogP contribution in [0.25, 0.3) is 0 Å². The van der Waals surface area contributed by atoms with Gasteiger partial charge in [0.05, 0.1) is 0 Å². The average Bonchev–Trinajstić information content (AvgIpc) is 1.85. The second-order valence-corrected chi connectivity index (χ2v) is 4.11. The van der Waals surface area contributed by atoms with Crippen LogP contribution in [0.1, 0.15) is 27.2 Å². The molecule has 0 heterocycles. The number of rotatable bonds is 3. The van der Waals surface area contributed by atoms with Gasteiger partial charge in [-0.25, -0.2) is 0 Å². The Balaban J connectivity index is 3.56. The topological polar surface area (TPSA) is 43.1 Å². The van der Waals surface area contributed by atoms with Gasteiger partial charge in [-0.1, -0.05) is 39.0 Å². The van der Waals surface area contributed by atoms with Crippen LogP contribution in [0.15, 0.2) is 0 Å². The van der Waals surface area contributed by atoms with Gasteiger partial charge in [0.2, 0.25) is 0 Å². The van der Waals surface area contributed by atoms with E-state index in [1.54, 1.807) is 0 Å². The van der Waals surface area contributed by atoms with Crippen molar-refractivity contribution in [1.29, 1.82) is 0 Å². The Morgan fingerprint density at radius 3 is 2.40 bits per heavy atom. The van der Waals surface area contributed by atoms with E-state index in [0.717, 1.165) is 12.2 Å². The van der Waals surface area contributed by atoms with Gasteiger partial charge in [-0.2, -0.15) is 0 Å². The van der Waals surface area contributed by atoms with Crippen molar-refractivity contribution in [2.24, 2.45) is 11.1 Å². The second kappa shape index (κ2) is 3.86. The minimum Gasteiger partial charge on any atom is -0.361 e. The van der Waals surface area contributed by atoms with Gasteiger partial charge in [-0.05, 0) is 5.41 Å². The van der Waals surface area contributed by atoms with Gasteiger partial charge in [0.15, 0.2) is 0 Å². The molecule has 0 aliphatic rings. The number of primary amides is 1. The molecule has 0 atom stereocenters. The van der Waals surface area contributed by atoms with Gasteiger partial charge >= 0.3 is 0 Å². The molecule has 1 amide bonds. The summed E-state index contributed by atoms with van der Waals surface area (Å²) >= 11 is 1.20. The molecule has 0 aromatic heterocycles. The first-order chi connectivity index (χ1) is 4.48. The standard InChI is InChI=1S/C7H15NOS/c1-4-7(2,3)5-10-6(8)9/h4-5H2,1-3H3,(H2,8,9). The molecular formula is C7H15NOS. The van der Waals surface area contributed by atoms with Crippen LogP contribution in [0.3, 0.4) is 0 Å². The molecule has 0 aliphatic carbocycles. The lowest BCUT2D eigenvalue weighted by Crippen LogP contribution is -2.16. The molecule has 60 valence electrons. The zero-order chi connectivity index (χ0) is 8.20. The van der Waals surface area contributed by atoms with Crippen molar-refractivity contribution in [3.05, 3.63) is 0 Å². The maximum atomic E-state index is 10.3. The zero-order valence-electron chi connectivity index (χ0n) is 6.81. The molecule has 0 bridgehead atoms. The maximum Gasteiger partial charge on any atom is 0.276 e. The summed E-state index contributed by atoms with van der Waals surface area (Å²) in [5.41, 5.74) is 5.21. The third-order valence-corrected chi connectivity index (χ3v) is 2.77. The SMILES string of the molecule is CCC(C)(C)CSC(N)=O. The molecule has 0 aromatic carbocycles. The first-order valence-electron chi connectivity index (χ1n) is 3.40. The minimum atomic E-state index is -0.276. The Morgan fingerprint density at radius 1 is 1.60 bits per heavy atom. The lowest BCUT2D eigenvalue weighted by atomic mass is 9.93. The molecule has 0 rings (SSSR count). The normalized spacial score (nSPS) is 11.5. The molecule has 2 N–H and O–H groups in total. The van der Waals surface area contributed by atoms with E-state index >= 15 is 0 Å². The quantitative estimate of drug-likeness (QED) is 0.689. The number of amides is 1. The monoisotopic (exact) mass is 161 g/mol. The lowest BCUT2D eigenvalue weighted by molar-refractivity contribution is 0.267. The highest BCUT2D eigenvalue weighted by Gasteiger charge is 2.15. The summed E-state index contributed by atoms with van der Waals surface area (Å²) in [4.78, 5) is 10.3. The molecule has 10 heavy (non-hydrogen) atoms. The van der Waals surface area contributed by atoms with E-state index in [-0.39, 0.29) is 10.7 Å². The van der Waals surface area contributed by atoms with Crippen molar-refractivity contribution < 1.29 is 4.79 Å². The summed E-state index contributed by atoms with van der Waals surface area (Å²) in [7, 11) is 0. The van der Waals surface area contributed by atoms with Crippen molar-refractivity contribution in [2.75, 3.05) is 5.75 Å².